The number of aryl methyl sites for hydroxylation is 1. The van der Waals surface area contributed by atoms with Crippen LogP contribution in [0.4, 0.5) is 5.69 Å². The molecule has 0 radical (unpaired) electrons. The molecule has 2 aromatic carbocycles. The van der Waals surface area contributed by atoms with Crippen LogP contribution in [-0.4, -0.2) is 19.2 Å². The van der Waals surface area contributed by atoms with Gasteiger partial charge in [-0.25, -0.2) is 0 Å². The topological polar surface area (TPSA) is 73.2 Å². The second kappa shape index (κ2) is 4.61. The number of rotatable bonds is 2. The van der Waals surface area contributed by atoms with Gasteiger partial charge in [0.15, 0.2) is 0 Å². The zero-order valence-corrected chi connectivity index (χ0v) is 12.3. The molecule has 0 saturated carbocycles. The fourth-order valence-electron chi connectivity index (χ4n) is 2.91. The first-order valence-electron chi connectivity index (χ1n) is 7.08. The van der Waals surface area contributed by atoms with Gasteiger partial charge in [-0.3, -0.25) is 14.7 Å². The van der Waals surface area contributed by atoms with E-state index in [2.05, 4.69) is 0 Å². The van der Waals surface area contributed by atoms with Crippen molar-refractivity contribution < 1.29 is 10.0 Å². The van der Waals surface area contributed by atoms with Crippen molar-refractivity contribution in [3.8, 4) is 11.6 Å². The van der Waals surface area contributed by atoms with Crippen molar-refractivity contribution in [1.82, 2.24) is 9.13 Å². The fourth-order valence-corrected chi connectivity index (χ4v) is 2.91. The summed E-state index contributed by atoms with van der Waals surface area (Å²) in [6, 6.07) is 12.3. The molecule has 0 aliphatic rings. The van der Waals surface area contributed by atoms with Gasteiger partial charge in [0.05, 0.1) is 10.3 Å². The Hall–Kier alpha value is -3.28. The van der Waals surface area contributed by atoms with Crippen LogP contribution in [0.3, 0.4) is 0 Å². The van der Waals surface area contributed by atoms with Gasteiger partial charge in [0.1, 0.15) is 0 Å². The molecule has 2 aromatic heterocycles. The van der Waals surface area contributed by atoms with E-state index in [4.69, 9.17) is 0 Å². The lowest BCUT2D eigenvalue weighted by atomic mass is 10.2. The highest BCUT2D eigenvalue weighted by molar-refractivity contribution is 5.91. The summed E-state index contributed by atoms with van der Waals surface area (Å²) in [5.41, 5.74) is 1.87. The lowest BCUT2D eigenvalue weighted by Crippen LogP contribution is -1.91. The molecule has 6 heteroatoms. The highest BCUT2D eigenvalue weighted by Gasteiger charge is 2.14. The molecule has 0 saturated heterocycles. The maximum absolute atomic E-state index is 10.9. The van der Waals surface area contributed by atoms with Gasteiger partial charge in [0.25, 0.3) is 5.69 Å². The number of hydrogen-bond acceptors (Lipinski definition) is 3. The van der Waals surface area contributed by atoms with Crippen LogP contribution in [0.2, 0.25) is 0 Å². The molecule has 0 fully saturated rings. The number of benzene rings is 2. The summed E-state index contributed by atoms with van der Waals surface area (Å²) in [6.45, 7) is 0. The Morgan fingerprint density at radius 2 is 1.91 bits per heavy atom. The number of aromatic nitrogens is 2. The number of nitro groups is 1. The molecule has 0 amide bonds. The van der Waals surface area contributed by atoms with Gasteiger partial charge in [-0.15, -0.1) is 0 Å². The van der Waals surface area contributed by atoms with Crippen LogP contribution < -0.4 is 0 Å². The first kappa shape index (κ1) is 13.4. The molecular weight excluding hydrogens is 294 g/mol. The Labute approximate surface area is 131 Å². The third-order valence-electron chi connectivity index (χ3n) is 4.13. The number of nitrogens with zero attached hydrogens (tertiary/aromatic N) is 3. The quantitative estimate of drug-likeness (QED) is 0.453. The van der Waals surface area contributed by atoms with E-state index in [1.54, 1.807) is 16.8 Å². The number of nitro benzene ring substituents is 1. The molecule has 0 spiro atoms. The average Bonchev–Trinajstić information content (AvgIpc) is 3.08. The monoisotopic (exact) mass is 307 g/mol. The van der Waals surface area contributed by atoms with Crippen LogP contribution in [0.1, 0.15) is 0 Å². The maximum Gasteiger partial charge on any atom is 0.270 e. The minimum atomic E-state index is -0.466. The molecule has 0 aliphatic heterocycles. The van der Waals surface area contributed by atoms with Gasteiger partial charge in [0.2, 0.25) is 5.88 Å². The lowest BCUT2D eigenvalue weighted by molar-refractivity contribution is -0.384. The predicted octanol–water partition coefficient (Wildman–Crippen LogP) is 3.74. The van der Waals surface area contributed by atoms with Crippen molar-refractivity contribution in [3.05, 3.63) is 65.0 Å². The molecule has 4 rings (SSSR count). The summed E-state index contributed by atoms with van der Waals surface area (Å²) in [5.74, 6) is -0.000943. The minimum Gasteiger partial charge on any atom is -0.494 e. The third kappa shape index (κ3) is 1.96. The molecule has 6 nitrogen and oxygen atoms in total. The van der Waals surface area contributed by atoms with E-state index in [9.17, 15) is 15.2 Å². The standard InChI is InChI=1S/C17H13N3O3/c1-18-7-6-11-8-13(4-5-16(11)18)19-10-12-2-3-14(20(22)23)9-15(12)17(19)21/h2-10,21H,1H3. The van der Waals surface area contributed by atoms with Crippen LogP contribution >= 0.6 is 0 Å². The summed E-state index contributed by atoms with van der Waals surface area (Å²) < 4.78 is 3.66. The van der Waals surface area contributed by atoms with Crippen molar-refractivity contribution in [2.24, 2.45) is 7.05 Å². The highest BCUT2D eigenvalue weighted by Crippen LogP contribution is 2.33. The Morgan fingerprint density at radius 1 is 1.09 bits per heavy atom. The largest absolute Gasteiger partial charge is 0.494 e. The Morgan fingerprint density at radius 3 is 2.70 bits per heavy atom. The molecular formula is C17H13N3O3. The first-order chi connectivity index (χ1) is 11.0. The van der Waals surface area contributed by atoms with Gasteiger partial charge < -0.3 is 9.67 Å². The smallest absolute Gasteiger partial charge is 0.270 e. The zero-order valence-electron chi connectivity index (χ0n) is 12.3. The van der Waals surface area contributed by atoms with Crippen molar-refractivity contribution >= 4 is 27.4 Å². The van der Waals surface area contributed by atoms with Crippen LogP contribution in [0.15, 0.2) is 54.9 Å². The molecule has 0 aliphatic carbocycles. The van der Waals surface area contributed by atoms with E-state index in [1.807, 2.05) is 42.1 Å². The van der Waals surface area contributed by atoms with Crippen LogP contribution in [0, 0.1) is 10.1 Å². The second-order valence-electron chi connectivity index (χ2n) is 5.52. The maximum atomic E-state index is 10.9. The normalized spacial score (nSPS) is 11.3. The highest BCUT2D eigenvalue weighted by atomic mass is 16.6. The fraction of sp³-hybridized carbons (Fsp3) is 0.0588. The van der Waals surface area contributed by atoms with E-state index in [1.165, 1.54) is 12.1 Å². The molecule has 114 valence electrons. The molecule has 23 heavy (non-hydrogen) atoms. The van der Waals surface area contributed by atoms with Crippen molar-refractivity contribution in [2.75, 3.05) is 0 Å². The third-order valence-corrected chi connectivity index (χ3v) is 4.13. The Bertz CT molecular complexity index is 1080. The summed E-state index contributed by atoms with van der Waals surface area (Å²) in [4.78, 5) is 10.4. The summed E-state index contributed by atoms with van der Waals surface area (Å²) >= 11 is 0. The van der Waals surface area contributed by atoms with E-state index in [-0.39, 0.29) is 11.6 Å². The number of aromatic hydroxyl groups is 1. The number of hydrogen-bond donors (Lipinski definition) is 1. The van der Waals surface area contributed by atoms with Crippen LogP contribution in [0.5, 0.6) is 5.88 Å². The van der Waals surface area contributed by atoms with E-state index < -0.39 is 4.92 Å². The van der Waals surface area contributed by atoms with Gasteiger partial charge >= 0.3 is 0 Å². The molecule has 0 bridgehead atoms. The minimum absolute atomic E-state index is 0.000943. The second-order valence-corrected chi connectivity index (χ2v) is 5.52. The Kier molecular flexibility index (Phi) is 2.68. The van der Waals surface area contributed by atoms with Crippen LogP contribution in [0.25, 0.3) is 27.4 Å². The van der Waals surface area contributed by atoms with E-state index in [0.717, 1.165) is 22.0 Å². The summed E-state index contributed by atoms with van der Waals surface area (Å²) in [6.07, 6.45) is 3.75. The van der Waals surface area contributed by atoms with Gasteiger partial charge in [-0.1, -0.05) is 0 Å². The lowest BCUT2D eigenvalue weighted by Gasteiger charge is -2.05. The SMILES string of the molecule is Cn1ccc2cc(-n3cc4ccc([N+](=O)[O-])cc4c3O)ccc21. The van der Waals surface area contributed by atoms with Gasteiger partial charge in [-0.2, -0.15) is 0 Å². The van der Waals surface area contributed by atoms with Crippen molar-refractivity contribution in [1.29, 1.82) is 0 Å². The van der Waals surface area contributed by atoms with Crippen LogP contribution in [-0.2, 0) is 7.05 Å². The first-order valence-corrected chi connectivity index (χ1v) is 7.08. The zero-order chi connectivity index (χ0) is 16.1. The van der Waals surface area contributed by atoms with E-state index in [0.29, 0.717) is 5.39 Å². The molecule has 2 heterocycles. The molecule has 1 N–H and O–H groups in total. The van der Waals surface area contributed by atoms with E-state index >= 15 is 0 Å². The average molecular weight is 307 g/mol. The molecule has 0 unspecified atom stereocenters. The van der Waals surface area contributed by atoms with Crippen molar-refractivity contribution in [2.45, 2.75) is 0 Å². The van der Waals surface area contributed by atoms with Gasteiger partial charge in [-0.05, 0) is 30.3 Å². The molecule has 0 atom stereocenters. The van der Waals surface area contributed by atoms with Crippen molar-refractivity contribution in [3.63, 3.8) is 0 Å². The summed E-state index contributed by atoms with van der Waals surface area (Å²) in [7, 11) is 1.97. The number of fused-ring (bicyclic) bond motifs is 2. The summed E-state index contributed by atoms with van der Waals surface area (Å²) in [5, 5.41) is 23.6. The van der Waals surface area contributed by atoms with Gasteiger partial charge in [0, 0.05) is 53.6 Å². The number of non-ortho nitro benzene ring substituents is 1. The Balaban J connectivity index is 1.92. The predicted molar refractivity (Wildman–Crippen MR) is 88.1 cm³/mol. The molecule has 4 aromatic rings.